The van der Waals surface area contributed by atoms with E-state index in [2.05, 4.69) is 20.3 Å². The SMILES string of the molecule is COc1ccc(-c2cc(CNC(=O)c3ccc[nH]c3=O)ncn2)cc1. The summed E-state index contributed by atoms with van der Waals surface area (Å²) in [5.74, 6) is 0.310. The molecule has 0 radical (unpaired) electrons. The second kappa shape index (κ2) is 7.39. The van der Waals surface area contributed by atoms with Crippen molar-refractivity contribution in [2.45, 2.75) is 6.54 Å². The standard InChI is InChI=1S/C18H16N4O3/c1-25-14-6-4-12(5-7-14)16-9-13(21-11-22-16)10-20-18(24)15-3-2-8-19-17(15)23/h2-9,11H,10H2,1H3,(H,19,23)(H,20,24). The van der Waals surface area contributed by atoms with Gasteiger partial charge in [-0.1, -0.05) is 0 Å². The molecule has 0 unspecified atom stereocenters. The number of aromatic amines is 1. The van der Waals surface area contributed by atoms with Gasteiger partial charge in [0.25, 0.3) is 11.5 Å². The Morgan fingerprint density at radius 3 is 2.72 bits per heavy atom. The number of carbonyl (C=O) groups excluding carboxylic acids is 1. The van der Waals surface area contributed by atoms with Gasteiger partial charge < -0.3 is 15.0 Å². The summed E-state index contributed by atoms with van der Waals surface area (Å²) in [5.41, 5.74) is 1.92. The highest BCUT2D eigenvalue weighted by Gasteiger charge is 2.10. The topological polar surface area (TPSA) is 97.0 Å². The summed E-state index contributed by atoms with van der Waals surface area (Å²) < 4.78 is 5.14. The van der Waals surface area contributed by atoms with Gasteiger partial charge in [0.05, 0.1) is 25.0 Å². The van der Waals surface area contributed by atoms with E-state index in [0.717, 1.165) is 17.0 Å². The zero-order chi connectivity index (χ0) is 17.6. The minimum atomic E-state index is -0.452. The monoisotopic (exact) mass is 336 g/mol. The van der Waals surface area contributed by atoms with Crippen LogP contribution in [0, 0.1) is 0 Å². The maximum absolute atomic E-state index is 12.1. The van der Waals surface area contributed by atoms with Gasteiger partial charge in [-0.2, -0.15) is 0 Å². The summed E-state index contributed by atoms with van der Waals surface area (Å²) in [4.78, 5) is 34.5. The first-order valence-electron chi connectivity index (χ1n) is 7.58. The molecule has 2 N–H and O–H groups in total. The number of nitrogens with zero attached hydrogens (tertiary/aromatic N) is 2. The Balaban J connectivity index is 1.72. The number of ether oxygens (including phenoxy) is 1. The maximum Gasteiger partial charge on any atom is 0.260 e. The van der Waals surface area contributed by atoms with Crippen LogP contribution in [0.5, 0.6) is 5.75 Å². The first kappa shape index (κ1) is 16.4. The van der Waals surface area contributed by atoms with Crippen LogP contribution in [0.25, 0.3) is 11.3 Å². The third-order valence-corrected chi connectivity index (χ3v) is 3.60. The minimum Gasteiger partial charge on any atom is -0.497 e. The maximum atomic E-state index is 12.1. The smallest absolute Gasteiger partial charge is 0.260 e. The summed E-state index contributed by atoms with van der Waals surface area (Å²) in [7, 11) is 1.61. The summed E-state index contributed by atoms with van der Waals surface area (Å²) in [6, 6.07) is 12.3. The van der Waals surface area contributed by atoms with Gasteiger partial charge in [-0.3, -0.25) is 9.59 Å². The lowest BCUT2D eigenvalue weighted by Crippen LogP contribution is -2.29. The number of H-pyrrole nitrogens is 1. The number of aromatic nitrogens is 3. The fourth-order valence-electron chi connectivity index (χ4n) is 2.28. The molecule has 2 aromatic heterocycles. The molecule has 0 aliphatic rings. The lowest BCUT2D eigenvalue weighted by atomic mass is 10.1. The third-order valence-electron chi connectivity index (χ3n) is 3.60. The van der Waals surface area contributed by atoms with Crippen molar-refractivity contribution in [3.8, 4) is 17.0 Å². The molecule has 0 aliphatic carbocycles. The predicted molar refractivity (Wildman–Crippen MR) is 92.3 cm³/mol. The summed E-state index contributed by atoms with van der Waals surface area (Å²) in [5, 5.41) is 2.68. The molecule has 0 fully saturated rings. The molecule has 1 aromatic carbocycles. The van der Waals surface area contributed by atoms with Crippen LogP contribution in [0.2, 0.25) is 0 Å². The van der Waals surface area contributed by atoms with Crippen molar-refractivity contribution in [2.75, 3.05) is 7.11 Å². The van der Waals surface area contributed by atoms with Gasteiger partial charge in [0.2, 0.25) is 0 Å². The van der Waals surface area contributed by atoms with Crippen molar-refractivity contribution in [1.82, 2.24) is 20.3 Å². The first-order valence-corrected chi connectivity index (χ1v) is 7.58. The van der Waals surface area contributed by atoms with E-state index in [9.17, 15) is 9.59 Å². The highest BCUT2D eigenvalue weighted by molar-refractivity contribution is 5.93. The van der Waals surface area contributed by atoms with Gasteiger partial charge >= 0.3 is 0 Å². The van der Waals surface area contributed by atoms with E-state index in [4.69, 9.17) is 4.74 Å². The predicted octanol–water partition coefficient (Wildman–Crippen LogP) is 1.77. The van der Waals surface area contributed by atoms with Crippen molar-refractivity contribution >= 4 is 5.91 Å². The van der Waals surface area contributed by atoms with E-state index in [1.165, 1.54) is 18.6 Å². The van der Waals surface area contributed by atoms with Crippen LogP contribution in [0.1, 0.15) is 16.1 Å². The highest BCUT2D eigenvalue weighted by atomic mass is 16.5. The molecule has 7 heteroatoms. The quantitative estimate of drug-likeness (QED) is 0.740. The van der Waals surface area contributed by atoms with E-state index >= 15 is 0 Å². The summed E-state index contributed by atoms with van der Waals surface area (Å²) >= 11 is 0. The molecule has 0 aliphatic heterocycles. The minimum absolute atomic E-state index is 0.0620. The molecule has 7 nitrogen and oxygen atoms in total. The van der Waals surface area contributed by atoms with Gasteiger partial charge in [0.15, 0.2) is 0 Å². The molecule has 3 aromatic rings. The molecule has 2 heterocycles. The van der Waals surface area contributed by atoms with Crippen molar-refractivity contribution in [3.05, 3.63) is 76.6 Å². The van der Waals surface area contributed by atoms with Gasteiger partial charge in [-0.05, 0) is 42.5 Å². The Labute approximate surface area is 143 Å². The van der Waals surface area contributed by atoms with Crippen LogP contribution in [-0.4, -0.2) is 28.0 Å². The van der Waals surface area contributed by atoms with Crippen LogP contribution >= 0.6 is 0 Å². The molecule has 3 rings (SSSR count). The second-order valence-electron chi connectivity index (χ2n) is 5.22. The van der Waals surface area contributed by atoms with Crippen molar-refractivity contribution in [1.29, 1.82) is 0 Å². The van der Waals surface area contributed by atoms with Crippen LogP contribution in [0.15, 0.2) is 59.8 Å². The van der Waals surface area contributed by atoms with Gasteiger partial charge in [-0.15, -0.1) is 0 Å². The number of benzene rings is 1. The average Bonchev–Trinajstić information content (AvgIpc) is 2.67. The molecule has 0 atom stereocenters. The van der Waals surface area contributed by atoms with Crippen molar-refractivity contribution in [3.63, 3.8) is 0 Å². The number of hydrogen-bond acceptors (Lipinski definition) is 5. The molecule has 0 spiro atoms. The summed E-state index contributed by atoms with van der Waals surface area (Å²) in [6.07, 6.45) is 2.92. The molecule has 0 saturated heterocycles. The van der Waals surface area contributed by atoms with Gasteiger partial charge in [0.1, 0.15) is 17.6 Å². The van der Waals surface area contributed by atoms with E-state index in [1.807, 2.05) is 24.3 Å². The molecular weight excluding hydrogens is 320 g/mol. The Hall–Kier alpha value is -3.48. The van der Waals surface area contributed by atoms with Crippen LogP contribution in [-0.2, 0) is 6.54 Å². The highest BCUT2D eigenvalue weighted by Crippen LogP contribution is 2.20. The Morgan fingerprint density at radius 1 is 1.20 bits per heavy atom. The van der Waals surface area contributed by atoms with Crippen molar-refractivity contribution < 1.29 is 9.53 Å². The number of rotatable bonds is 5. The number of amides is 1. The Morgan fingerprint density at radius 2 is 2.00 bits per heavy atom. The van der Waals surface area contributed by atoms with Gasteiger partial charge in [-0.25, -0.2) is 9.97 Å². The zero-order valence-electron chi connectivity index (χ0n) is 13.5. The van der Waals surface area contributed by atoms with Crippen molar-refractivity contribution in [2.24, 2.45) is 0 Å². The summed E-state index contributed by atoms with van der Waals surface area (Å²) in [6.45, 7) is 0.193. The number of carbonyl (C=O) groups is 1. The lowest BCUT2D eigenvalue weighted by Gasteiger charge is -2.07. The molecular formula is C18H16N4O3. The van der Waals surface area contributed by atoms with E-state index in [-0.39, 0.29) is 12.1 Å². The fraction of sp³-hybridized carbons (Fsp3) is 0.111. The van der Waals surface area contributed by atoms with Crippen LogP contribution in [0.4, 0.5) is 0 Å². The molecule has 126 valence electrons. The van der Waals surface area contributed by atoms with Crippen LogP contribution < -0.4 is 15.6 Å². The van der Waals surface area contributed by atoms with Gasteiger partial charge in [0, 0.05) is 11.8 Å². The first-order chi connectivity index (χ1) is 12.2. The normalized spacial score (nSPS) is 10.3. The number of methoxy groups -OCH3 is 1. The average molecular weight is 336 g/mol. The van der Waals surface area contributed by atoms with E-state index < -0.39 is 11.5 Å². The number of nitrogens with one attached hydrogen (secondary N) is 2. The van der Waals surface area contributed by atoms with Crippen LogP contribution in [0.3, 0.4) is 0 Å². The largest absolute Gasteiger partial charge is 0.497 e. The number of pyridine rings is 1. The molecule has 0 saturated carbocycles. The molecule has 25 heavy (non-hydrogen) atoms. The van der Waals surface area contributed by atoms with E-state index in [1.54, 1.807) is 19.2 Å². The Kier molecular flexibility index (Phi) is 4.84. The number of hydrogen-bond donors (Lipinski definition) is 2. The third kappa shape index (κ3) is 3.89. The second-order valence-corrected chi connectivity index (χ2v) is 5.22. The van der Waals surface area contributed by atoms with E-state index in [0.29, 0.717) is 5.69 Å². The lowest BCUT2D eigenvalue weighted by molar-refractivity contribution is 0.0949. The molecule has 1 amide bonds. The fourth-order valence-corrected chi connectivity index (χ4v) is 2.28. The molecule has 0 bridgehead atoms. The Bertz CT molecular complexity index is 935. The zero-order valence-corrected chi connectivity index (χ0v) is 13.5.